The summed E-state index contributed by atoms with van der Waals surface area (Å²) in [5, 5.41) is 0. The molecule has 0 aliphatic carbocycles. The number of sulfonamides is 1. The van der Waals surface area contributed by atoms with Gasteiger partial charge in [0.2, 0.25) is 10.0 Å². The number of aromatic nitrogens is 4. The number of para-hydroxylation sites is 1. The fourth-order valence-electron chi connectivity index (χ4n) is 4.64. The average molecular weight is 684 g/mol. The molecule has 252 valence electrons. The maximum Gasteiger partial charge on any atom is 0.334 e. The van der Waals surface area contributed by atoms with Gasteiger partial charge in [-0.2, -0.15) is 4.31 Å². The van der Waals surface area contributed by atoms with Crippen molar-refractivity contribution in [3.05, 3.63) is 94.4 Å². The lowest BCUT2D eigenvalue weighted by atomic mass is 10.2. The van der Waals surface area contributed by atoms with Crippen LogP contribution in [0.4, 0.5) is 0 Å². The molecule has 0 fully saturated rings. The highest BCUT2D eigenvalue weighted by molar-refractivity contribution is 7.89. The van der Waals surface area contributed by atoms with E-state index in [1.807, 2.05) is 25.1 Å². The van der Waals surface area contributed by atoms with Crippen LogP contribution < -0.4 is 16.0 Å². The van der Waals surface area contributed by atoms with Crippen molar-refractivity contribution in [3.63, 3.8) is 0 Å². The Bertz CT molecular complexity index is 1950. The molecule has 0 N–H and O–H groups in total. The van der Waals surface area contributed by atoms with Crippen molar-refractivity contribution in [1.29, 1.82) is 0 Å². The number of carbonyl (C=O) groups is 1. The summed E-state index contributed by atoms with van der Waals surface area (Å²) in [4.78, 5) is 44.7. The summed E-state index contributed by atoms with van der Waals surface area (Å²) < 4.78 is 49.2. The zero-order valence-electron chi connectivity index (χ0n) is 27.5. The molecular formula is C32H41N5O8SSi. The largest absolute Gasteiger partial charge is 0.460 e. The van der Waals surface area contributed by atoms with Crippen LogP contribution in [0.15, 0.2) is 88.1 Å². The minimum atomic E-state index is -4.25. The molecule has 0 radical (unpaired) electrons. The minimum Gasteiger partial charge on any atom is -0.460 e. The molecule has 0 aliphatic rings. The third-order valence-electron chi connectivity index (χ3n) is 7.92. The number of benzene rings is 2. The summed E-state index contributed by atoms with van der Waals surface area (Å²) in [6.45, 7) is 11.3. The van der Waals surface area contributed by atoms with Gasteiger partial charge in [-0.1, -0.05) is 50.5 Å². The van der Waals surface area contributed by atoms with Crippen molar-refractivity contribution in [2.24, 2.45) is 7.05 Å². The molecule has 2 aromatic carbocycles. The quantitative estimate of drug-likeness (QED) is 0.104. The molecule has 15 heteroatoms. The lowest BCUT2D eigenvalue weighted by Gasteiger charge is -2.27. The Morgan fingerprint density at radius 2 is 1.68 bits per heavy atom. The van der Waals surface area contributed by atoms with Crippen molar-refractivity contribution < 1.29 is 27.4 Å². The number of aryl methyl sites for hydroxylation is 1. The predicted octanol–water partition coefficient (Wildman–Crippen LogP) is 3.74. The monoisotopic (exact) mass is 683 g/mol. The standard InChI is InChI=1S/C32H41N5O8SSi/c1-8-20-43-31(39)27(35(4)46(41,42)26-16-14-25(15-17-26)45-24-12-10-9-11-13-24)18-19-36-30(38)28-29(33-21-34(28)3)37(32(36)40)22-44-23(2)47(5,6)7/h8-17,21,23,27H,1,18-20,22H2,2-7H3. The SMILES string of the molecule is C=CCOC(=O)C(CCn1c(=O)c2c(ncn2C)n(COC(C)[Si](C)(C)C)c1=O)N(C)S(=O)(=O)c1ccc(Oc2ccccc2)cc1. The van der Waals surface area contributed by atoms with Crippen LogP contribution >= 0.6 is 0 Å². The highest BCUT2D eigenvalue weighted by Gasteiger charge is 2.34. The summed E-state index contributed by atoms with van der Waals surface area (Å²) >= 11 is 0. The van der Waals surface area contributed by atoms with E-state index in [4.69, 9.17) is 14.2 Å². The van der Waals surface area contributed by atoms with Crippen LogP contribution in [0.25, 0.3) is 11.2 Å². The number of hydrogen-bond donors (Lipinski definition) is 0. The molecule has 0 saturated heterocycles. The van der Waals surface area contributed by atoms with E-state index in [0.29, 0.717) is 11.5 Å². The highest BCUT2D eigenvalue weighted by atomic mass is 32.2. The molecule has 13 nitrogen and oxygen atoms in total. The molecule has 4 rings (SSSR count). The van der Waals surface area contributed by atoms with Crippen molar-refractivity contribution in [1.82, 2.24) is 23.0 Å². The number of rotatable bonds is 15. The van der Waals surface area contributed by atoms with Gasteiger partial charge in [-0.25, -0.2) is 18.2 Å². The molecular weight excluding hydrogens is 643 g/mol. The molecule has 0 spiro atoms. The van der Waals surface area contributed by atoms with Crippen LogP contribution in [0.5, 0.6) is 11.5 Å². The minimum absolute atomic E-state index is 0.0913. The van der Waals surface area contributed by atoms with Crippen molar-refractivity contribution >= 4 is 35.2 Å². The second-order valence-electron chi connectivity index (χ2n) is 12.1. The Hall–Kier alpha value is -4.31. The fourth-order valence-corrected chi connectivity index (χ4v) is 6.55. The third-order valence-corrected chi connectivity index (χ3v) is 12.4. The first-order chi connectivity index (χ1) is 22.2. The van der Waals surface area contributed by atoms with Gasteiger partial charge in [-0.3, -0.25) is 18.7 Å². The summed E-state index contributed by atoms with van der Waals surface area (Å²) in [6.07, 6.45) is 2.54. The second-order valence-corrected chi connectivity index (χ2v) is 19.7. The highest BCUT2D eigenvalue weighted by Crippen LogP contribution is 2.25. The lowest BCUT2D eigenvalue weighted by Crippen LogP contribution is -2.47. The third kappa shape index (κ3) is 7.98. The number of hydrogen-bond acceptors (Lipinski definition) is 9. The van der Waals surface area contributed by atoms with Crippen LogP contribution in [0.2, 0.25) is 19.6 Å². The lowest BCUT2D eigenvalue weighted by molar-refractivity contribution is -0.147. The van der Waals surface area contributed by atoms with E-state index >= 15 is 0 Å². The number of carbonyl (C=O) groups excluding carboxylic acids is 1. The van der Waals surface area contributed by atoms with Crippen LogP contribution in [-0.4, -0.2) is 70.9 Å². The topological polar surface area (TPSA) is 144 Å². The molecule has 0 aliphatic heterocycles. The molecule has 0 bridgehead atoms. The smallest absolute Gasteiger partial charge is 0.334 e. The maximum absolute atomic E-state index is 13.7. The molecule has 4 aromatic rings. The second kappa shape index (κ2) is 14.6. The average Bonchev–Trinajstić information content (AvgIpc) is 3.42. The Morgan fingerprint density at radius 3 is 2.30 bits per heavy atom. The first kappa shape index (κ1) is 35.5. The number of nitrogens with zero attached hydrogens (tertiary/aromatic N) is 5. The fraction of sp³-hybridized carbons (Fsp3) is 0.375. The van der Waals surface area contributed by atoms with Gasteiger partial charge in [0.05, 0.1) is 19.3 Å². The van der Waals surface area contributed by atoms with E-state index in [0.717, 1.165) is 8.87 Å². The number of ether oxygens (including phenoxy) is 3. The van der Waals surface area contributed by atoms with Crippen LogP contribution in [0, 0.1) is 0 Å². The maximum atomic E-state index is 13.7. The molecule has 2 heterocycles. The van der Waals surface area contributed by atoms with Crippen LogP contribution in [-0.2, 0) is 44.6 Å². The molecule has 2 aromatic heterocycles. The summed E-state index contributed by atoms with van der Waals surface area (Å²) in [7, 11) is -3.07. The molecule has 2 atom stereocenters. The predicted molar refractivity (Wildman–Crippen MR) is 181 cm³/mol. The van der Waals surface area contributed by atoms with Crippen LogP contribution in [0.3, 0.4) is 0 Å². The Balaban J connectivity index is 1.65. The van der Waals surface area contributed by atoms with E-state index in [9.17, 15) is 22.8 Å². The Kier molecular flexibility index (Phi) is 11.1. The first-order valence-corrected chi connectivity index (χ1v) is 20.0. The van der Waals surface area contributed by atoms with E-state index in [2.05, 4.69) is 31.2 Å². The van der Waals surface area contributed by atoms with Crippen molar-refractivity contribution in [2.45, 2.75) is 62.9 Å². The van der Waals surface area contributed by atoms with E-state index < -0.39 is 41.4 Å². The first-order valence-electron chi connectivity index (χ1n) is 15.0. The van der Waals surface area contributed by atoms with Crippen LogP contribution in [0.1, 0.15) is 13.3 Å². The molecule has 0 saturated carbocycles. The van der Waals surface area contributed by atoms with Gasteiger partial charge in [0.1, 0.15) is 30.9 Å². The van der Waals surface area contributed by atoms with E-state index in [-0.39, 0.29) is 48.1 Å². The summed E-state index contributed by atoms with van der Waals surface area (Å²) in [6, 6.07) is 13.4. The van der Waals surface area contributed by atoms with Gasteiger partial charge in [0.25, 0.3) is 5.56 Å². The molecule has 0 amide bonds. The number of imidazole rings is 1. The van der Waals surface area contributed by atoms with E-state index in [1.54, 1.807) is 19.2 Å². The van der Waals surface area contributed by atoms with E-state index in [1.165, 1.54) is 52.9 Å². The van der Waals surface area contributed by atoms with Gasteiger partial charge >= 0.3 is 11.7 Å². The summed E-state index contributed by atoms with van der Waals surface area (Å²) in [5.41, 5.74) is -1.09. The number of fused-ring (bicyclic) bond motifs is 1. The van der Waals surface area contributed by atoms with Gasteiger partial charge in [0, 0.05) is 26.4 Å². The van der Waals surface area contributed by atoms with Crippen molar-refractivity contribution in [3.8, 4) is 11.5 Å². The summed E-state index contributed by atoms with van der Waals surface area (Å²) in [5.74, 6) is 0.146. The normalized spacial score (nSPS) is 13.4. The van der Waals surface area contributed by atoms with Gasteiger partial charge in [-0.05, 0) is 49.7 Å². The Labute approximate surface area is 274 Å². The molecule has 47 heavy (non-hydrogen) atoms. The Morgan fingerprint density at radius 1 is 1.04 bits per heavy atom. The van der Waals surface area contributed by atoms with Gasteiger partial charge in [0.15, 0.2) is 11.2 Å². The number of esters is 1. The van der Waals surface area contributed by atoms with Gasteiger partial charge in [-0.15, -0.1) is 0 Å². The van der Waals surface area contributed by atoms with Crippen molar-refractivity contribution in [2.75, 3.05) is 13.7 Å². The molecule has 2 unspecified atom stereocenters. The van der Waals surface area contributed by atoms with Gasteiger partial charge < -0.3 is 18.8 Å². The number of likely N-dealkylation sites (N-methyl/N-ethyl adjacent to an activating group) is 1. The zero-order valence-corrected chi connectivity index (χ0v) is 29.3. The zero-order chi connectivity index (χ0) is 34.5.